The molecule has 1 fully saturated rings. The fourth-order valence-corrected chi connectivity index (χ4v) is 3.59. The molecule has 1 aliphatic rings. The zero-order valence-electron chi connectivity index (χ0n) is 18.2. The Balaban J connectivity index is 0.00000114. The highest BCUT2D eigenvalue weighted by Crippen LogP contribution is 2.24. The molecule has 0 saturated carbocycles. The van der Waals surface area contributed by atoms with Crippen LogP contribution < -0.4 is 10.6 Å². The minimum Gasteiger partial charge on any atom is -0.483 e. The number of likely N-dealkylation sites (N-methyl/N-ethyl adjacent to an activating group) is 1. The summed E-state index contributed by atoms with van der Waals surface area (Å²) in [7, 11) is 2.03. The summed E-state index contributed by atoms with van der Waals surface area (Å²) in [5.74, 6) is -0.0545. The number of nitrogens with one attached hydrogen (secondary N) is 2. The van der Waals surface area contributed by atoms with Crippen molar-refractivity contribution in [2.24, 2.45) is 0 Å². The van der Waals surface area contributed by atoms with Gasteiger partial charge in [-0.15, -0.1) is 0 Å². The first kappa shape index (κ1) is 24.7. The Bertz CT molecular complexity index is 874. The molecule has 3 N–H and O–H groups in total. The number of rotatable bonds is 8. The van der Waals surface area contributed by atoms with E-state index in [1.807, 2.05) is 55.6 Å². The monoisotopic (exact) mass is 438 g/mol. The quantitative estimate of drug-likeness (QED) is 0.430. The number of aromatic nitrogens is 1. The minimum atomic E-state index is -0.250. The first-order chi connectivity index (χ1) is 15.5. The third kappa shape index (κ3) is 8.69. The van der Waals surface area contributed by atoms with E-state index in [-0.39, 0.29) is 30.4 Å². The smallest absolute Gasteiger partial charge is 0.290 e. The highest BCUT2D eigenvalue weighted by Gasteiger charge is 2.31. The molecule has 2 amide bonds. The van der Waals surface area contributed by atoms with E-state index in [0.717, 1.165) is 24.0 Å². The van der Waals surface area contributed by atoms with Crippen LogP contribution in [0.5, 0.6) is 0 Å². The molecule has 1 aromatic carbocycles. The highest BCUT2D eigenvalue weighted by molar-refractivity contribution is 5.91. The zero-order chi connectivity index (χ0) is 23.2. The number of carboxylic acid groups (broad SMARTS) is 1. The summed E-state index contributed by atoms with van der Waals surface area (Å²) >= 11 is 0. The summed E-state index contributed by atoms with van der Waals surface area (Å²) in [6, 6.07) is 14.0. The third-order valence-corrected chi connectivity index (χ3v) is 5.36. The SMILES string of the molecule is CN1[C@@H](CC(=O)NCc2cccnc2)CC[C@H]1CNC(=O)/C=C/c1ccccc1.O=CO. The molecule has 0 aliphatic carbocycles. The predicted molar refractivity (Wildman–Crippen MR) is 122 cm³/mol. The second-order valence-corrected chi connectivity index (χ2v) is 7.49. The van der Waals surface area contributed by atoms with E-state index in [1.54, 1.807) is 18.5 Å². The molecule has 2 aromatic rings. The van der Waals surface area contributed by atoms with Crippen molar-refractivity contribution in [1.29, 1.82) is 0 Å². The lowest BCUT2D eigenvalue weighted by molar-refractivity contribution is -0.123. The number of carbonyl (C=O) groups excluding carboxylic acids is 2. The Hall–Kier alpha value is -3.52. The maximum absolute atomic E-state index is 12.3. The summed E-state index contributed by atoms with van der Waals surface area (Å²) in [5.41, 5.74) is 1.99. The summed E-state index contributed by atoms with van der Waals surface area (Å²) in [6.07, 6.45) is 9.24. The Morgan fingerprint density at radius 2 is 1.84 bits per heavy atom. The molecule has 0 unspecified atom stereocenters. The average Bonchev–Trinajstić information content (AvgIpc) is 3.16. The van der Waals surface area contributed by atoms with Crippen molar-refractivity contribution in [3.8, 4) is 0 Å². The van der Waals surface area contributed by atoms with Gasteiger partial charge in [0.25, 0.3) is 6.47 Å². The van der Waals surface area contributed by atoms with Gasteiger partial charge in [0, 0.05) is 50.1 Å². The van der Waals surface area contributed by atoms with Crippen LogP contribution in [0.15, 0.2) is 60.9 Å². The maximum atomic E-state index is 12.3. The molecule has 0 spiro atoms. The van der Waals surface area contributed by atoms with Crippen LogP contribution in [0.25, 0.3) is 6.08 Å². The van der Waals surface area contributed by atoms with Crippen molar-refractivity contribution in [2.75, 3.05) is 13.6 Å². The molecule has 0 radical (unpaired) electrons. The third-order valence-electron chi connectivity index (χ3n) is 5.36. The van der Waals surface area contributed by atoms with Crippen LogP contribution in [-0.2, 0) is 20.9 Å². The minimum absolute atomic E-state index is 0.0428. The van der Waals surface area contributed by atoms with E-state index in [9.17, 15) is 9.59 Å². The number of amides is 2. The summed E-state index contributed by atoms with van der Waals surface area (Å²) in [6.45, 7) is 0.832. The Morgan fingerprint density at radius 1 is 1.12 bits per heavy atom. The fourth-order valence-electron chi connectivity index (χ4n) is 3.59. The van der Waals surface area contributed by atoms with Crippen molar-refractivity contribution >= 4 is 24.4 Å². The van der Waals surface area contributed by atoms with E-state index in [4.69, 9.17) is 9.90 Å². The molecule has 8 heteroatoms. The number of likely N-dealkylation sites (tertiary alicyclic amines) is 1. The molecule has 1 saturated heterocycles. The number of pyridine rings is 1. The molecule has 8 nitrogen and oxygen atoms in total. The van der Waals surface area contributed by atoms with Crippen molar-refractivity contribution in [1.82, 2.24) is 20.5 Å². The molecule has 32 heavy (non-hydrogen) atoms. The van der Waals surface area contributed by atoms with E-state index in [0.29, 0.717) is 19.5 Å². The van der Waals surface area contributed by atoms with Gasteiger partial charge in [-0.3, -0.25) is 24.3 Å². The normalized spacial score (nSPS) is 17.9. The standard InChI is InChI=1S/C23H28N4O2.CH2O2/c1-27-20(14-23(29)25-16-19-8-5-13-24-15-19)10-11-21(27)17-26-22(28)12-9-18-6-3-2-4-7-18;2-1-3/h2-9,12-13,15,20-21H,10-11,14,16-17H2,1H3,(H,25,29)(H,26,28);1H,(H,2,3)/b12-9+;/t20-,21+;/m1./s1. The lowest BCUT2D eigenvalue weighted by Crippen LogP contribution is -2.42. The highest BCUT2D eigenvalue weighted by atomic mass is 16.3. The van der Waals surface area contributed by atoms with E-state index in [1.165, 1.54) is 0 Å². The van der Waals surface area contributed by atoms with Gasteiger partial charge in [-0.05, 0) is 43.2 Å². The van der Waals surface area contributed by atoms with E-state index in [2.05, 4.69) is 20.5 Å². The second kappa shape index (κ2) is 13.7. The Morgan fingerprint density at radius 3 is 2.53 bits per heavy atom. The van der Waals surface area contributed by atoms with Gasteiger partial charge in [0.05, 0.1) is 0 Å². The molecular formula is C24H30N4O4. The summed E-state index contributed by atoms with van der Waals surface area (Å²) < 4.78 is 0. The number of carbonyl (C=O) groups is 3. The van der Waals surface area contributed by atoms with Gasteiger partial charge in [-0.25, -0.2) is 0 Å². The van der Waals surface area contributed by atoms with Gasteiger partial charge in [0.15, 0.2) is 0 Å². The van der Waals surface area contributed by atoms with Crippen molar-refractivity contribution < 1.29 is 19.5 Å². The molecule has 2 atom stereocenters. The van der Waals surface area contributed by atoms with E-state index < -0.39 is 0 Å². The molecular weight excluding hydrogens is 408 g/mol. The maximum Gasteiger partial charge on any atom is 0.290 e. The molecule has 1 aromatic heterocycles. The predicted octanol–water partition coefficient (Wildman–Crippen LogP) is 2.08. The molecule has 0 bridgehead atoms. The summed E-state index contributed by atoms with van der Waals surface area (Å²) in [4.78, 5) is 39.0. The molecule has 170 valence electrons. The van der Waals surface area contributed by atoms with Gasteiger partial charge < -0.3 is 15.7 Å². The van der Waals surface area contributed by atoms with Crippen LogP contribution in [0.3, 0.4) is 0 Å². The van der Waals surface area contributed by atoms with Crippen LogP contribution >= 0.6 is 0 Å². The van der Waals surface area contributed by atoms with E-state index >= 15 is 0 Å². The van der Waals surface area contributed by atoms with Crippen LogP contribution in [0.4, 0.5) is 0 Å². The van der Waals surface area contributed by atoms with Crippen molar-refractivity contribution in [2.45, 2.75) is 37.9 Å². The molecule has 1 aliphatic heterocycles. The van der Waals surface area contributed by atoms with Gasteiger partial charge in [-0.2, -0.15) is 0 Å². The number of hydrogen-bond acceptors (Lipinski definition) is 5. The Kier molecular flexibility index (Phi) is 10.6. The lowest BCUT2D eigenvalue weighted by Gasteiger charge is -2.25. The average molecular weight is 439 g/mol. The van der Waals surface area contributed by atoms with Crippen LogP contribution in [0.1, 0.15) is 30.4 Å². The first-order valence-corrected chi connectivity index (χ1v) is 10.5. The zero-order valence-corrected chi connectivity index (χ0v) is 18.2. The van der Waals surface area contributed by atoms with Crippen molar-refractivity contribution in [3.63, 3.8) is 0 Å². The summed E-state index contributed by atoms with van der Waals surface area (Å²) in [5, 5.41) is 12.8. The second-order valence-electron chi connectivity index (χ2n) is 7.49. The first-order valence-electron chi connectivity index (χ1n) is 10.5. The lowest BCUT2D eigenvalue weighted by atomic mass is 10.1. The fraction of sp³-hybridized carbons (Fsp3) is 0.333. The molecule has 3 rings (SSSR count). The van der Waals surface area contributed by atoms with Gasteiger partial charge >= 0.3 is 0 Å². The van der Waals surface area contributed by atoms with Crippen LogP contribution in [0.2, 0.25) is 0 Å². The topological polar surface area (TPSA) is 112 Å². The Labute approximate surface area is 188 Å². The van der Waals surface area contributed by atoms with Crippen LogP contribution in [0, 0.1) is 0 Å². The largest absolute Gasteiger partial charge is 0.483 e. The van der Waals surface area contributed by atoms with Gasteiger partial charge in [-0.1, -0.05) is 36.4 Å². The number of benzene rings is 1. The van der Waals surface area contributed by atoms with Gasteiger partial charge in [0.2, 0.25) is 11.8 Å². The number of nitrogens with zero attached hydrogens (tertiary/aromatic N) is 2. The molecule has 2 heterocycles. The van der Waals surface area contributed by atoms with Crippen molar-refractivity contribution in [3.05, 3.63) is 72.1 Å². The van der Waals surface area contributed by atoms with Crippen LogP contribution in [-0.4, -0.2) is 59.0 Å². The number of hydrogen-bond donors (Lipinski definition) is 3. The van der Waals surface area contributed by atoms with Gasteiger partial charge in [0.1, 0.15) is 0 Å².